The fourth-order valence-corrected chi connectivity index (χ4v) is 6.08. The van der Waals surface area contributed by atoms with Gasteiger partial charge in [0.1, 0.15) is 5.75 Å². The molecule has 3 aromatic carbocycles. The zero-order chi connectivity index (χ0) is 25.9. The SMILES string of the molecule is CCOC(=O)C1=C(c2ccccc2)N=c2s/c(=C\c3ccc(OC)c(I)c3)c(=O)n2C1c1ccccc1. The van der Waals surface area contributed by atoms with Crippen LogP contribution in [0.5, 0.6) is 5.75 Å². The Morgan fingerprint density at radius 1 is 1.08 bits per heavy atom. The second-order valence-corrected chi connectivity index (χ2v) is 10.4. The number of benzene rings is 3. The van der Waals surface area contributed by atoms with Crippen molar-refractivity contribution in [1.29, 1.82) is 0 Å². The van der Waals surface area contributed by atoms with Crippen molar-refractivity contribution in [3.05, 3.63) is 124 Å². The third-order valence-electron chi connectivity index (χ3n) is 5.96. The number of carbonyl (C=O) groups is 1. The number of fused-ring (bicyclic) bond motifs is 1. The minimum absolute atomic E-state index is 0.211. The zero-order valence-electron chi connectivity index (χ0n) is 20.2. The van der Waals surface area contributed by atoms with Gasteiger partial charge in [-0.15, -0.1) is 0 Å². The molecule has 186 valence electrons. The molecule has 37 heavy (non-hydrogen) atoms. The molecule has 6 nitrogen and oxygen atoms in total. The van der Waals surface area contributed by atoms with Crippen LogP contribution in [0.15, 0.2) is 94.2 Å². The fourth-order valence-electron chi connectivity index (χ4n) is 4.31. The van der Waals surface area contributed by atoms with Gasteiger partial charge >= 0.3 is 5.97 Å². The highest BCUT2D eigenvalue weighted by molar-refractivity contribution is 14.1. The van der Waals surface area contributed by atoms with Crippen molar-refractivity contribution in [2.24, 2.45) is 4.99 Å². The van der Waals surface area contributed by atoms with E-state index in [2.05, 4.69) is 22.6 Å². The molecule has 8 heteroatoms. The molecule has 0 fully saturated rings. The van der Waals surface area contributed by atoms with Crippen molar-refractivity contribution in [3.8, 4) is 5.75 Å². The number of hydrogen-bond donors (Lipinski definition) is 0. The molecule has 0 amide bonds. The van der Waals surface area contributed by atoms with Gasteiger partial charge < -0.3 is 9.47 Å². The first-order valence-corrected chi connectivity index (χ1v) is 13.6. The van der Waals surface area contributed by atoms with Gasteiger partial charge in [0.15, 0.2) is 4.80 Å². The maximum absolute atomic E-state index is 13.9. The van der Waals surface area contributed by atoms with Crippen LogP contribution in [-0.2, 0) is 9.53 Å². The number of esters is 1. The monoisotopic (exact) mass is 622 g/mol. The molecule has 5 rings (SSSR count). The lowest BCUT2D eigenvalue weighted by Crippen LogP contribution is -2.39. The molecule has 1 unspecified atom stereocenters. The Hall–Kier alpha value is -3.50. The molecule has 0 spiro atoms. The van der Waals surface area contributed by atoms with E-state index in [0.717, 1.165) is 26.0 Å². The van der Waals surface area contributed by atoms with Gasteiger partial charge in [0.2, 0.25) is 0 Å². The molecule has 1 aromatic heterocycles. The summed E-state index contributed by atoms with van der Waals surface area (Å²) in [6.07, 6.45) is 1.85. The van der Waals surface area contributed by atoms with Crippen LogP contribution >= 0.6 is 33.9 Å². The van der Waals surface area contributed by atoms with Crippen LogP contribution in [0.2, 0.25) is 0 Å². The lowest BCUT2D eigenvalue weighted by molar-refractivity contribution is -0.138. The summed E-state index contributed by atoms with van der Waals surface area (Å²) in [5.41, 5.74) is 3.11. The van der Waals surface area contributed by atoms with Gasteiger partial charge in [-0.1, -0.05) is 78.1 Å². The number of thiazole rings is 1. The average Bonchev–Trinajstić information content (AvgIpc) is 3.23. The van der Waals surface area contributed by atoms with E-state index in [1.165, 1.54) is 11.3 Å². The number of rotatable bonds is 6. The quantitative estimate of drug-likeness (QED) is 0.234. The smallest absolute Gasteiger partial charge is 0.338 e. The summed E-state index contributed by atoms with van der Waals surface area (Å²) in [5.74, 6) is 0.285. The van der Waals surface area contributed by atoms with E-state index >= 15 is 0 Å². The largest absolute Gasteiger partial charge is 0.496 e. The molecule has 0 bridgehead atoms. The lowest BCUT2D eigenvalue weighted by Gasteiger charge is -2.25. The Morgan fingerprint density at radius 3 is 2.43 bits per heavy atom. The molecular formula is C29H23IN2O4S. The molecule has 0 saturated heterocycles. The maximum atomic E-state index is 13.9. The number of hydrogen-bond acceptors (Lipinski definition) is 6. The first kappa shape index (κ1) is 25.2. The second-order valence-electron chi connectivity index (χ2n) is 8.24. The van der Waals surface area contributed by atoms with Crippen molar-refractivity contribution in [2.45, 2.75) is 13.0 Å². The first-order chi connectivity index (χ1) is 18.0. The van der Waals surface area contributed by atoms with E-state index in [1.807, 2.05) is 84.9 Å². The second kappa shape index (κ2) is 10.9. The number of nitrogens with zero attached hydrogens (tertiary/aromatic N) is 2. The average molecular weight is 622 g/mol. The Bertz CT molecular complexity index is 1670. The van der Waals surface area contributed by atoms with E-state index in [4.69, 9.17) is 14.5 Å². The summed E-state index contributed by atoms with van der Waals surface area (Å²) in [6.45, 7) is 1.98. The molecule has 0 aliphatic carbocycles. The van der Waals surface area contributed by atoms with Crippen LogP contribution in [0.4, 0.5) is 0 Å². The molecule has 1 aliphatic rings. The summed E-state index contributed by atoms with van der Waals surface area (Å²) in [4.78, 5) is 32.7. The molecule has 0 radical (unpaired) electrons. The maximum Gasteiger partial charge on any atom is 0.338 e. The zero-order valence-corrected chi connectivity index (χ0v) is 23.2. The van der Waals surface area contributed by atoms with Crippen molar-refractivity contribution >= 4 is 51.7 Å². The lowest BCUT2D eigenvalue weighted by atomic mass is 9.93. The third-order valence-corrected chi connectivity index (χ3v) is 7.79. The number of methoxy groups -OCH3 is 1. The van der Waals surface area contributed by atoms with E-state index in [9.17, 15) is 9.59 Å². The molecule has 4 aromatic rings. The van der Waals surface area contributed by atoms with Gasteiger partial charge in [0, 0.05) is 5.56 Å². The highest BCUT2D eigenvalue weighted by Crippen LogP contribution is 2.35. The van der Waals surface area contributed by atoms with Crippen LogP contribution in [0.3, 0.4) is 0 Å². The minimum atomic E-state index is -0.676. The summed E-state index contributed by atoms with van der Waals surface area (Å²) in [5, 5.41) is 0. The van der Waals surface area contributed by atoms with Crippen LogP contribution in [0, 0.1) is 3.57 Å². The fraction of sp³-hybridized carbons (Fsp3) is 0.138. The molecule has 0 N–H and O–H groups in total. The van der Waals surface area contributed by atoms with Gasteiger partial charge in [-0.3, -0.25) is 9.36 Å². The first-order valence-electron chi connectivity index (χ1n) is 11.7. The summed E-state index contributed by atoms with van der Waals surface area (Å²) >= 11 is 3.52. The van der Waals surface area contributed by atoms with Gasteiger partial charge in [-0.25, -0.2) is 9.79 Å². The standard InChI is InChI=1S/C29H23IN2O4S/c1-3-36-28(34)24-25(19-10-6-4-7-11-19)31-29-32(26(24)20-12-8-5-9-13-20)27(33)23(37-29)17-18-14-15-22(35-2)21(30)16-18/h4-17,26H,3H2,1-2H3/b23-17-. The summed E-state index contributed by atoms with van der Waals surface area (Å²) in [6, 6.07) is 24.2. The Labute approximate surface area is 231 Å². The van der Waals surface area contributed by atoms with Crippen molar-refractivity contribution < 1.29 is 14.3 Å². The van der Waals surface area contributed by atoms with Crippen LogP contribution in [0.1, 0.15) is 29.7 Å². The van der Waals surface area contributed by atoms with E-state index in [-0.39, 0.29) is 12.2 Å². The minimum Gasteiger partial charge on any atom is -0.496 e. The van der Waals surface area contributed by atoms with E-state index in [1.54, 1.807) is 18.6 Å². The highest BCUT2D eigenvalue weighted by atomic mass is 127. The normalized spacial score (nSPS) is 15.2. The predicted molar refractivity (Wildman–Crippen MR) is 153 cm³/mol. The number of halogens is 1. The predicted octanol–water partition coefficient (Wildman–Crippen LogP) is 4.55. The molecule has 1 atom stereocenters. The van der Waals surface area contributed by atoms with Crippen molar-refractivity contribution in [3.63, 3.8) is 0 Å². The Balaban J connectivity index is 1.80. The molecule has 2 heterocycles. The van der Waals surface area contributed by atoms with E-state index in [0.29, 0.717) is 20.6 Å². The van der Waals surface area contributed by atoms with Crippen molar-refractivity contribution in [1.82, 2.24) is 4.57 Å². The van der Waals surface area contributed by atoms with Gasteiger partial charge in [0.05, 0.1) is 39.1 Å². The molecule has 0 saturated carbocycles. The van der Waals surface area contributed by atoms with E-state index < -0.39 is 12.0 Å². The van der Waals surface area contributed by atoms with Gasteiger partial charge in [-0.2, -0.15) is 0 Å². The molecular weight excluding hydrogens is 599 g/mol. The summed E-state index contributed by atoms with van der Waals surface area (Å²) in [7, 11) is 1.63. The third kappa shape index (κ3) is 4.91. The van der Waals surface area contributed by atoms with Gasteiger partial charge in [0.25, 0.3) is 5.56 Å². The Morgan fingerprint density at radius 2 is 1.78 bits per heavy atom. The number of aromatic nitrogens is 1. The van der Waals surface area contributed by atoms with Crippen LogP contribution in [0.25, 0.3) is 11.8 Å². The Kier molecular flexibility index (Phi) is 7.38. The topological polar surface area (TPSA) is 69.9 Å². The highest BCUT2D eigenvalue weighted by Gasteiger charge is 2.35. The van der Waals surface area contributed by atoms with Crippen molar-refractivity contribution in [2.75, 3.05) is 13.7 Å². The van der Waals surface area contributed by atoms with Crippen LogP contribution < -0.4 is 19.6 Å². The molecule has 1 aliphatic heterocycles. The van der Waals surface area contributed by atoms with Crippen LogP contribution in [-0.4, -0.2) is 24.3 Å². The summed E-state index contributed by atoms with van der Waals surface area (Å²) < 4.78 is 13.9. The number of ether oxygens (including phenoxy) is 2. The van der Waals surface area contributed by atoms with Gasteiger partial charge in [-0.05, 0) is 58.9 Å². The number of carbonyl (C=O) groups excluding carboxylic acids is 1.